The molecule has 0 aliphatic carbocycles. The van der Waals surface area contributed by atoms with E-state index in [0.717, 1.165) is 96.3 Å². The lowest BCUT2D eigenvalue weighted by molar-refractivity contribution is -0.870. The Morgan fingerprint density at radius 3 is 1.72 bits per heavy atom. The first-order valence-electron chi connectivity index (χ1n) is 20.1. The van der Waals surface area contributed by atoms with Crippen LogP contribution in [0.3, 0.4) is 0 Å². The molecule has 3 unspecified atom stereocenters. The number of nitrogens with zero attached hydrogens (tertiary/aromatic N) is 1. The van der Waals surface area contributed by atoms with Gasteiger partial charge in [0.1, 0.15) is 13.2 Å². The second-order valence-electron chi connectivity index (χ2n) is 14.3. The number of phosphoric acid groups is 1. The van der Waals surface area contributed by atoms with Crippen molar-refractivity contribution in [3.8, 4) is 0 Å². The summed E-state index contributed by atoms with van der Waals surface area (Å²) in [5, 5.41) is 13.6. The van der Waals surface area contributed by atoms with Gasteiger partial charge in [0.2, 0.25) is 5.91 Å². The molecule has 0 spiro atoms. The molecule has 0 aromatic rings. The van der Waals surface area contributed by atoms with Crippen LogP contribution in [0, 0.1) is 0 Å². The molecule has 302 valence electrons. The minimum absolute atomic E-state index is 0.0443. The Bertz CT molecular complexity index is 1180. The molecule has 9 heteroatoms. The van der Waals surface area contributed by atoms with E-state index in [4.69, 9.17) is 9.05 Å². The van der Waals surface area contributed by atoms with Crippen LogP contribution >= 0.6 is 7.82 Å². The maximum Gasteiger partial charge on any atom is 0.472 e. The summed E-state index contributed by atoms with van der Waals surface area (Å²) >= 11 is 0. The molecule has 0 aromatic heterocycles. The normalized spacial score (nSPS) is 15.5. The van der Waals surface area contributed by atoms with Crippen LogP contribution < -0.4 is 5.32 Å². The number of allylic oxidation sites excluding steroid dienone is 15. The van der Waals surface area contributed by atoms with Gasteiger partial charge in [-0.1, -0.05) is 137 Å². The number of hydrogen-bond acceptors (Lipinski definition) is 5. The number of nitrogens with one attached hydrogen (secondary N) is 1. The number of hydrogen-bond donors (Lipinski definition) is 3. The summed E-state index contributed by atoms with van der Waals surface area (Å²) in [6.45, 7) is 4.53. The molecule has 0 rings (SSSR count). The zero-order chi connectivity index (χ0) is 39.3. The molecule has 1 amide bonds. The molecular formula is C44H76N2O6P+. The summed E-state index contributed by atoms with van der Waals surface area (Å²) < 4.78 is 23.4. The average Bonchev–Trinajstić information content (AvgIpc) is 3.10. The Morgan fingerprint density at radius 2 is 1.15 bits per heavy atom. The summed E-state index contributed by atoms with van der Waals surface area (Å²) in [7, 11) is 1.51. The predicted octanol–water partition coefficient (Wildman–Crippen LogP) is 10.8. The van der Waals surface area contributed by atoms with Crippen molar-refractivity contribution < 1.29 is 32.9 Å². The number of phosphoric ester groups is 1. The molecule has 0 aliphatic heterocycles. The molecule has 0 saturated heterocycles. The van der Waals surface area contributed by atoms with Gasteiger partial charge >= 0.3 is 7.82 Å². The Kier molecular flexibility index (Phi) is 33.4. The minimum Gasteiger partial charge on any atom is -0.387 e. The Hall–Kier alpha value is -2.58. The largest absolute Gasteiger partial charge is 0.472 e. The molecule has 0 saturated carbocycles. The van der Waals surface area contributed by atoms with Gasteiger partial charge in [-0.25, -0.2) is 4.57 Å². The van der Waals surface area contributed by atoms with E-state index >= 15 is 0 Å². The average molecular weight is 760 g/mol. The van der Waals surface area contributed by atoms with Crippen LogP contribution in [0.4, 0.5) is 0 Å². The highest BCUT2D eigenvalue weighted by Gasteiger charge is 2.27. The fraction of sp³-hybridized carbons (Fsp3) is 0.614. The van der Waals surface area contributed by atoms with Gasteiger partial charge in [-0.3, -0.25) is 13.8 Å². The lowest BCUT2D eigenvalue weighted by Gasteiger charge is -2.25. The highest BCUT2D eigenvalue weighted by atomic mass is 31.2. The van der Waals surface area contributed by atoms with Crippen LogP contribution in [-0.4, -0.2) is 73.4 Å². The first kappa shape index (κ1) is 50.4. The van der Waals surface area contributed by atoms with Crippen molar-refractivity contribution in [2.75, 3.05) is 40.9 Å². The topological polar surface area (TPSA) is 105 Å². The standard InChI is InChI=1S/C44H75N2O6P/c1-6-8-10-12-14-16-17-18-19-20-21-22-23-24-25-26-27-28-29-30-32-34-36-38-44(48)45-42(41-52-53(49,50)51-40-39-46(3,4)5)43(47)37-35-33-31-15-13-11-9-7-2/h8,10,13-16,18-19,21-22,24-25,27-28,35,37,42-43,47H,6-7,9,11-12,17,20,23,26,29-34,36,38-41H2,1-5H3,(H-,45,48,49,50)/p+1/b10-8-,15-13+,16-14-,19-18-,22-21-,25-24-,28-27-,37-35+. The summed E-state index contributed by atoms with van der Waals surface area (Å²) in [6, 6.07) is -0.880. The quantitative estimate of drug-likeness (QED) is 0.0261. The third-order valence-electron chi connectivity index (χ3n) is 8.04. The number of carbonyl (C=O) groups is 1. The summed E-state index contributed by atoms with van der Waals surface area (Å²) in [6.07, 6.45) is 49.2. The van der Waals surface area contributed by atoms with E-state index in [1.165, 1.54) is 6.42 Å². The van der Waals surface area contributed by atoms with Crippen molar-refractivity contribution in [2.45, 2.75) is 135 Å². The molecule has 0 fully saturated rings. The monoisotopic (exact) mass is 760 g/mol. The number of carbonyl (C=O) groups excluding carboxylic acids is 1. The second kappa shape index (κ2) is 35.1. The lowest BCUT2D eigenvalue weighted by atomic mass is 10.1. The van der Waals surface area contributed by atoms with E-state index in [-0.39, 0.29) is 19.1 Å². The Balaban J connectivity index is 4.42. The van der Waals surface area contributed by atoms with Gasteiger partial charge in [-0.2, -0.15) is 0 Å². The van der Waals surface area contributed by atoms with Gasteiger partial charge < -0.3 is 19.8 Å². The van der Waals surface area contributed by atoms with E-state index in [1.807, 2.05) is 27.2 Å². The Morgan fingerprint density at radius 1 is 0.660 bits per heavy atom. The first-order valence-corrected chi connectivity index (χ1v) is 21.6. The van der Waals surface area contributed by atoms with Crippen LogP contribution in [0.5, 0.6) is 0 Å². The van der Waals surface area contributed by atoms with E-state index < -0.39 is 20.0 Å². The van der Waals surface area contributed by atoms with Crippen molar-refractivity contribution >= 4 is 13.7 Å². The molecule has 3 atom stereocenters. The molecule has 3 N–H and O–H groups in total. The fourth-order valence-electron chi connectivity index (χ4n) is 4.81. The first-order chi connectivity index (χ1) is 25.5. The van der Waals surface area contributed by atoms with Crippen LogP contribution in [0.25, 0.3) is 0 Å². The maximum atomic E-state index is 12.8. The number of likely N-dealkylation sites (N-methyl/N-ethyl adjacent to an activating group) is 1. The van der Waals surface area contributed by atoms with Crippen LogP contribution in [0.2, 0.25) is 0 Å². The molecular weight excluding hydrogens is 683 g/mol. The zero-order valence-electron chi connectivity index (χ0n) is 34.0. The lowest BCUT2D eigenvalue weighted by Crippen LogP contribution is -2.45. The molecule has 0 aromatic carbocycles. The number of quaternary nitrogens is 1. The van der Waals surface area contributed by atoms with E-state index in [1.54, 1.807) is 6.08 Å². The van der Waals surface area contributed by atoms with Gasteiger partial charge in [-0.05, 0) is 77.0 Å². The van der Waals surface area contributed by atoms with Gasteiger partial charge in [0.05, 0.1) is 39.9 Å². The van der Waals surface area contributed by atoms with Gasteiger partial charge in [0, 0.05) is 6.42 Å². The number of unbranched alkanes of at least 4 members (excludes halogenated alkanes) is 7. The Labute approximate surface area is 324 Å². The number of rotatable bonds is 34. The number of amides is 1. The van der Waals surface area contributed by atoms with Crippen molar-refractivity contribution in [3.05, 3.63) is 97.2 Å². The SMILES string of the molecule is CC/C=C\C/C=C\C/C=C\C/C=C\C/C=C\C/C=C\CCCCCCC(=O)NC(COP(=O)(O)OCC[N+](C)(C)C)C(O)/C=C/CC/C=C/CCCC. The van der Waals surface area contributed by atoms with Gasteiger partial charge in [-0.15, -0.1) is 0 Å². The van der Waals surface area contributed by atoms with Crippen molar-refractivity contribution in [2.24, 2.45) is 0 Å². The van der Waals surface area contributed by atoms with Gasteiger partial charge in [0.15, 0.2) is 0 Å². The van der Waals surface area contributed by atoms with Crippen LogP contribution in [0.15, 0.2) is 97.2 Å². The van der Waals surface area contributed by atoms with Crippen molar-refractivity contribution in [3.63, 3.8) is 0 Å². The molecule has 8 nitrogen and oxygen atoms in total. The van der Waals surface area contributed by atoms with Crippen LogP contribution in [0.1, 0.15) is 123 Å². The molecule has 0 heterocycles. The van der Waals surface area contributed by atoms with Crippen LogP contribution in [-0.2, 0) is 18.4 Å². The van der Waals surface area contributed by atoms with Crippen molar-refractivity contribution in [1.82, 2.24) is 5.32 Å². The second-order valence-corrected chi connectivity index (χ2v) is 15.7. The highest BCUT2D eigenvalue weighted by Crippen LogP contribution is 2.43. The van der Waals surface area contributed by atoms with E-state index in [0.29, 0.717) is 17.4 Å². The summed E-state index contributed by atoms with van der Waals surface area (Å²) in [4.78, 5) is 23.0. The predicted molar refractivity (Wildman–Crippen MR) is 226 cm³/mol. The molecule has 0 radical (unpaired) electrons. The van der Waals surface area contributed by atoms with E-state index in [2.05, 4.69) is 104 Å². The highest BCUT2D eigenvalue weighted by molar-refractivity contribution is 7.47. The maximum absolute atomic E-state index is 12.8. The number of aliphatic hydroxyl groups is 1. The van der Waals surface area contributed by atoms with E-state index in [9.17, 15) is 19.4 Å². The zero-order valence-corrected chi connectivity index (χ0v) is 34.9. The number of aliphatic hydroxyl groups excluding tert-OH is 1. The summed E-state index contributed by atoms with van der Waals surface area (Å²) in [5.74, 6) is -0.222. The molecule has 0 bridgehead atoms. The third-order valence-corrected chi connectivity index (χ3v) is 9.02. The molecule has 0 aliphatic rings. The fourth-order valence-corrected chi connectivity index (χ4v) is 5.54. The van der Waals surface area contributed by atoms with Gasteiger partial charge in [0.25, 0.3) is 0 Å². The third kappa shape index (κ3) is 37.5. The molecule has 53 heavy (non-hydrogen) atoms. The smallest absolute Gasteiger partial charge is 0.387 e. The minimum atomic E-state index is -4.35. The van der Waals surface area contributed by atoms with Crippen molar-refractivity contribution in [1.29, 1.82) is 0 Å². The summed E-state index contributed by atoms with van der Waals surface area (Å²) in [5.41, 5.74) is 0.